The summed E-state index contributed by atoms with van der Waals surface area (Å²) in [6, 6.07) is 0. The highest BCUT2D eigenvalue weighted by Crippen LogP contribution is 2.33. The lowest BCUT2D eigenvalue weighted by Gasteiger charge is -2.33. The van der Waals surface area contributed by atoms with Gasteiger partial charge in [-0.2, -0.15) is 0 Å². The van der Waals surface area contributed by atoms with Gasteiger partial charge in [-0.05, 0) is 20.8 Å². The summed E-state index contributed by atoms with van der Waals surface area (Å²) in [5.74, 6) is 0. The zero-order valence-corrected chi connectivity index (χ0v) is 7.90. The second-order valence-electron chi connectivity index (χ2n) is 3.83. The number of nitrogens with zero attached hydrogens (tertiary/aromatic N) is 1. The molecule has 0 aromatic heterocycles. The first-order valence-corrected chi connectivity index (χ1v) is 3.97. The van der Waals surface area contributed by atoms with Crippen molar-refractivity contribution < 1.29 is 19.4 Å². The molecular weight excluding hydrogens is 174 g/mol. The van der Waals surface area contributed by atoms with Crippen LogP contribution in [0.4, 0.5) is 4.79 Å². The number of carbonyl (C=O) groups is 2. The van der Waals surface area contributed by atoms with E-state index in [2.05, 4.69) is 0 Å². The smallest absolute Gasteiger partial charge is 0.410 e. The normalized spacial score (nSPS) is 31.8. The van der Waals surface area contributed by atoms with E-state index in [1.807, 2.05) is 0 Å². The molecular formula is C8H13NO4. The van der Waals surface area contributed by atoms with E-state index in [1.165, 1.54) is 0 Å². The Morgan fingerprint density at radius 2 is 2.08 bits per heavy atom. The number of amides is 1. The van der Waals surface area contributed by atoms with Crippen LogP contribution in [-0.4, -0.2) is 40.3 Å². The number of hydrogen-bond donors (Lipinski definition) is 1. The van der Waals surface area contributed by atoms with Crippen molar-refractivity contribution in [1.82, 2.24) is 4.90 Å². The van der Waals surface area contributed by atoms with Crippen molar-refractivity contribution in [1.29, 1.82) is 0 Å². The number of aldehydes is 1. The van der Waals surface area contributed by atoms with Crippen molar-refractivity contribution in [2.75, 3.05) is 6.61 Å². The van der Waals surface area contributed by atoms with Gasteiger partial charge in [0.1, 0.15) is 17.6 Å². The van der Waals surface area contributed by atoms with Crippen LogP contribution in [0.1, 0.15) is 20.8 Å². The summed E-state index contributed by atoms with van der Waals surface area (Å²) in [5, 5.41) is 8.90. The summed E-state index contributed by atoms with van der Waals surface area (Å²) < 4.78 is 5.23. The van der Waals surface area contributed by atoms with E-state index in [0.29, 0.717) is 6.29 Å². The molecule has 5 nitrogen and oxygen atoms in total. The van der Waals surface area contributed by atoms with Crippen molar-refractivity contribution in [2.24, 2.45) is 0 Å². The quantitative estimate of drug-likeness (QED) is 0.613. The number of ether oxygens (including phenoxy) is 1. The summed E-state index contributed by atoms with van der Waals surface area (Å²) >= 11 is 0. The van der Waals surface area contributed by atoms with Crippen LogP contribution in [0.5, 0.6) is 0 Å². The van der Waals surface area contributed by atoms with Gasteiger partial charge in [0, 0.05) is 0 Å². The average Bonchev–Trinajstić information content (AvgIpc) is 2.23. The van der Waals surface area contributed by atoms with E-state index in [1.54, 1.807) is 20.8 Å². The maximum absolute atomic E-state index is 10.9. The van der Waals surface area contributed by atoms with Gasteiger partial charge in [-0.1, -0.05) is 0 Å². The molecule has 1 atom stereocenters. The van der Waals surface area contributed by atoms with Crippen molar-refractivity contribution in [3.8, 4) is 0 Å². The summed E-state index contributed by atoms with van der Waals surface area (Å²) in [6.07, 6.45) is -0.535. The van der Waals surface area contributed by atoms with Crippen LogP contribution in [-0.2, 0) is 9.53 Å². The van der Waals surface area contributed by atoms with Gasteiger partial charge in [0.15, 0.2) is 0 Å². The van der Waals surface area contributed by atoms with Crippen LogP contribution < -0.4 is 0 Å². The Bertz CT molecular complexity index is 251. The Balaban J connectivity index is 3.06. The molecule has 1 N–H and O–H groups in total. The van der Waals surface area contributed by atoms with E-state index in [0.717, 1.165) is 4.90 Å². The van der Waals surface area contributed by atoms with Gasteiger partial charge in [0.05, 0.1) is 6.61 Å². The zero-order chi connectivity index (χ0) is 10.3. The molecule has 0 bridgehead atoms. The largest absolute Gasteiger partial charge is 0.465 e. The summed E-state index contributed by atoms with van der Waals surface area (Å²) in [7, 11) is 0. The Labute approximate surface area is 76.3 Å². The molecule has 0 spiro atoms. The third-order valence-electron chi connectivity index (χ3n) is 2.21. The molecule has 1 heterocycles. The minimum Gasteiger partial charge on any atom is -0.465 e. The van der Waals surface area contributed by atoms with Crippen LogP contribution in [0.2, 0.25) is 0 Å². The highest BCUT2D eigenvalue weighted by atomic mass is 16.5. The minimum absolute atomic E-state index is 0.107. The van der Waals surface area contributed by atoms with Crippen molar-refractivity contribution in [3.63, 3.8) is 0 Å². The van der Waals surface area contributed by atoms with Crippen molar-refractivity contribution in [3.05, 3.63) is 0 Å². The number of hydrogen-bond acceptors (Lipinski definition) is 3. The standard InChI is InChI=1S/C8H13NO4/c1-7(2)9(6(11)12)8(3,4-10)5-13-7/h4H,5H2,1-3H3,(H,11,12). The molecule has 0 aromatic rings. The Morgan fingerprint density at radius 1 is 1.54 bits per heavy atom. The zero-order valence-electron chi connectivity index (χ0n) is 7.90. The van der Waals surface area contributed by atoms with Gasteiger partial charge >= 0.3 is 6.09 Å². The van der Waals surface area contributed by atoms with Gasteiger partial charge in [0.25, 0.3) is 0 Å². The number of carbonyl (C=O) groups excluding carboxylic acids is 1. The molecule has 1 unspecified atom stereocenters. The predicted molar refractivity (Wildman–Crippen MR) is 44.4 cm³/mol. The first kappa shape index (κ1) is 9.98. The van der Waals surface area contributed by atoms with Crippen molar-refractivity contribution >= 4 is 12.4 Å². The third kappa shape index (κ3) is 1.39. The van der Waals surface area contributed by atoms with Crippen LogP contribution >= 0.6 is 0 Å². The second kappa shape index (κ2) is 2.70. The average molecular weight is 187 g/mol. The number of rotatable bonds is 1. The second-order valence-corrected chi connectivity index (χ2v) is 3.83. The summed E-state index contributed by atoms with van der Waals surface area (Å²) in [5.41, 5.74) is -1.99. The van der Waals surface area contributed by atoms with E-state index in [-0.39, 0.29) is 6.61 Å². The van der Waals surface area contributed by atoms with Gasteiger partial charge in [-0.3, -0.25) is 4.90 Å². The van der Waals surface area contributed by atoms with E-state index in [9.17, 15) is 9.59 Å². The monoisotopic (exact) mass is 187 g/mol. The molecule has 0 radical (unpaired) electrons. The molecule has 0 aromatic carbocycles. The molecule has 5 heteroatoms. The molecule has 1 saturated heterocycles. The lowest BCUT2D eigenvalue weighted by atomic mass is 10.0. The van der Waals surface area contributed by atoms with Crippen LogP contribution in [0.25, 0.3) is 0 Å². The van der Waals surface area contributed by atoms with Gasteiger partial charge in [-0.25, -0.2) is 4.79 Å². The fourth-order valence-corrected chi connectivity index (χ4v) is 1.60. The molecule has 13 heavy (non-hydrogen) atoms. The van der Waals surface area contributed by atoms with E-state index in [4.69, 9.17) is 9.84 Å². The minimum atomic E-state index is -1.14. The predicted octanol–water partition coefficient (Wildman–Crippen LogP) is 0.690. The Morgan fingerprint density at radius 3 is 2.38 bits per heavy atom. The molecule has 0 aliphatic carbocycles. The third-order valence-corrected chi connectivity index (χ3v) is 2.21. The summed E-state index contributed by atoms with van der Waals surface area (Å²) in [4.78, 5) is 22.7. The van der Waals surface area contributed by atoms with Crippen LogP contribution in [0.3, 0.4) is 0 Å². The SMILES string of the molecule is CC1(C=O)COC(C)(C)N1C(=O)O. The van der Waals surface area contributed by atoms with E-state index >= 15 is 0 Å². The maximum atomic E-state index is 10.9. The fraction of sp³-hybridized carbons (Fsp3) is 0.750. The lowest BCUT2D eigenvalue weighted by Crippen LogP contribution is -2.54. The van der Waals surface area contributed by atoms with Crippen LogP contribution in [0.15, 0.2) is 0 Å². The first-order valence-electron chi connectivity index (χ1n) is 3.97. The van der Waals surface area contributed by atoms with Crippen molar-refractivity contribution in [2.45, 2.75) is 32.0 Å². The van der Waals surface area contributed by atoms with Crippen LogP contribution in [0, 0.1) is 0 Å². The fourth-order valence-electron chi connectivity index (χ4n) is 1.60. The summed E-state index contributed by atoms with van der Waals surface area (Å²) in [6.45, 7) is 4.89. The highest BCUT2D eigenvalue weighted by Gasteiger charge is 2.51. The van der Waals surface area contributed by atoms with Gasteiger partial charge in [0.2, 0.25) is 0 Å². The molecule has 1 aliphatic heterocycles. The Kier molecular flexibility index (Phi) is 2.07. The lowest BCUT2D eigenvalue weighted by molar-refractivity contribution is -0.116. The van der Waals surface area contributed by atoms with Gasteiger partial charge < -0.3 is 14.6 Å². The topological polar surface area (TPSA) is 66.8 Å². The molecule has 1 amide bonds. The van der Waals surface area contributed by atoms with Gasteiger partial charge in [-0.15, -0.1) is 0 Å². The molecule has 0 saturated carbocycles. The number of carboxylic acid groups (broad SMARTS) is 1. The maximum Gasteiger partial charge on any atom is 0.410 e. The molecule has 1 fully saturated rings. The van der Waals surface area contributed by atoms with E-state index < -0.39 is 17.4 Å². The Hall–Kier alpha value is -1.10. The molecule has 1 rings (SSSR count). The first-order chi connectivity index (χ1) is 5.83. The molecule has 74 valence electrons. The highest BCUT2D eigenvalue weighted by molar-refractivity contribution is 5.76. The molecule has 1 aliphatic rings.